The molecule has 3 nitrogen and oxygen atoms in total. The van der Waals surface area contributed by atoms with Gasteiger partial charge in [0, 0.05) is 30.4 Å². The molecule has 0 bridgehead atoms. The molecular weight excluding hydrogens is 302 g/mol. The number of likely N-dealkylation sites (N-methyl/N-ethyl adjacent to an activating group) is 1. The van der Waals surface area contributed by atoms with Crippen LogP contribution < -0.4 is 0 Å². The molecule has 23 heavy (non-hydrogen) atoms. The third-order valence-electron chi connectivity index (χ3n) is 5.47. The van der Waals surface area contributed by atoms with Gasteiger partial charge in [-0.3, -0.25) is 4.90 Å². The lowest BCUT2D eigenvalue weighted by Crippen LogP contribution is -2.50. The van der Waals surface area contributed by atoms with Gasteiger partial charge in [-0.15, -0.1) is 11.3 Å². The van der Waals surface area contributed by atoms with Crippen molar-refractivity contribution < 1.29 is 0 Å². The number of likely N-dealkylation sites (tertiary alicyclic amines) is 1. The molecule has 0 aliphatic carbocycles. The summed E-state index contributed by atoms with van der Waals surface area (Å²) in [6.07, 6.45) is 2.52. The molecule has 0 unspecified atom stereocenters. The fourth-order valence-corrected chi connectivity index (χ4v) is 5.00. The van der Waals surface area contributed by atoms with E-state index in [1.54, 1.807) is 16.9 Å². The lowest BCUT2D eigenvalue weighted by molar-refractivity contribution is 0.106. The molecule has 2 aromatic rings. The summed E-state index contributed by atoms with van der Waals surface area (Å²) in [5, 5.41) is 3.39. The molecule has 4 heteroatoms. The number of aromatic nitrogens is 1. The molecule has 2 aliphatic rings. The van der Waals surface area contributed by atoms with E-state index in [-0.39, 0.29) is 0 Å². The standard InChI is InChI=1S/C19H25N3S/c1-15-20-17(13-23-15)12-22-9-7-19(8-10-22)14-21(2)11-16-5-3-4-6-18(16)19/h3-6,13H,7-12,14H2,1-2H3. The Bertz CT molecular complexity index is 685. The summed E-state index contributed by atoms with van der Waals surface area (Å²) in [7, 11) is 2.27. The molecule has 0 N–H and O–H groups in total. The number of thiazole rings is 1. The molecule has 1 fully saturated rings. The third kappa shape index (κ3) is 2.95. The van der Waals surface area contributed by atoms with Crippen molar-refractivity contribution in [2.24, 2.45) is 0 Å². The molecule has 0 radical (unpaired) electrons. The van der Waals surface area contributed by atoms with E-state index in [0.29, 0.717) is 5.41 Å². The van der Waals surface area contributed by atoms with Gasteiger partial charge in [0.2, 0.25) is 0 Å². The van der Waals surface area contributed by atoms with Crippen molar-refractivity contribution in [3.05, 3.63) is 51.5 Å². The van der Waals surface area contributed by atoms with Crippen molar-refractivity contribution in [2.45, 2.75) is 38.3 Å². The maximum absolute atomic E-state index is 4.63. The first-order valence-corrected chi connectivity index (χ1v) is 9.43. The minimum Gasteiger partial charge on any atom is -0.301 e. The van der Waals surface area contributed by atoms with Gasteiger partial charge < -0.3 is 4.90 Å². The van der Waals surface area contributed by atoms with Gasteiger partial charge in [-0.05, 0) is 51.0 Å². The van der Waals surface area contributed by atoms with Crippen molar-refractivity contribution in [1.82, 2.24) is 14.8 Å². The van der Waals surface area contributed by atoms with Crippen LogP contribution in [-0.2, 0) is 18.5 Å². The number of hydrogen-bond donors (Lipinski definition) is 0. The van der Waals surface area contributed by atoms with Gasteiger partial charge in [0.25, 0.3) is 0 Å². The normalized spacial score (nSPS) is 21.5. The summed E-state index contributed by atoms with van der Waals surface area (Å²) in [5.74, 6) is 0. The fraction of sp³-hybridized carbons (Fsp3) is 0.526. The molecule has 3 heterocycles. The van der Waals surface area contributed by atoms with Crippen molar-refractivity contribution in [2.75, 3.05) is 26.7 Å². The first-order chi connectivity index (χ1) is 11.1. The number of fused-ring (bicyclic) bond motifs is 2. The van der Waals surface area contributed by atoms with Gasteiger partial charge in [-0.1, -0.05) is 24.3 Å². The minimum absolute atomic E-state index is 0.359. The second-order valence-corrected chi connectivity index (χ2v) is 8.31. The van der Waals surface area contributed by atoms with Gasteiger partial charge in [0.15, 0.2) is 0 Å². The van der Waals surface area contributed by atoms with Crippen LogP contribution in [0.2, 0.25) is 0 Å². The maximum Gasteiger partial charge on any atom is 0.0897 e. The predicted molar refractivity (Wildman–Crippen MR) is 95.8 cm³/mol. The molecule has 0 saturated carbocycles. The Morgan fingerprint density at radius 3 is 2.74 bits per heavy atom. The Hall–Kier alpha value is -1.23. The van der Waals surface area contributed by atoms with Crippen molar-refractivity contribution in [3.8, 4) is 0 Å². The smallest absolute Gasteiger partial charge is 0.0897 e. The molecule has 4 rings (SSSR count). The molecular formula is C19H25N3S. The number of hydrogen-bond acceptors (Lipinski definition) is 4. The van der Waals surface area contributed by atoms with E-state index < -0.39 is 0 Å². The van der Waals surface area contributed by atoms with E-state index in [1.807, 2.05) is 0 Å². The molecule has 1 aromatic heterocycles. The number of rotatable bonds is 2. The van der Waals surface area contributed by atoms with Gasteiger partial charge in [-0.2, -0.15) is 0 Å². The first kappa shape index (κ1) is 15.3. The summed E-state index contributed by atoms with van der Waals surface area (Å²) in [4.78, 5) is 9.71. The summed E-state index contributed by atoms with van der Waals surface area (Å²) < 4.78 is 0. The summed E-state index contributed by atoms with van der Waals surface area (Å²) in [6.45, 7) is 7.76. The van der Waals surface area contributed by atoms with Crippen LogP contribution in [0.3, 0.4) is 0 Å². The van der Waals surface area contributed by atoms with E-state index in [0.717, 1.165) is 13.1 Å². The van der Waals surface area contributed by atoms with Gasteiger partial charge in [-0.25, -0.2) is 4.98 Å². The molecule has 0 atom stereocenters. The highest BCUT2D eigenvalue weighted by Crippen LogP contribution is 2.41. The second kappa shape index (κ2) is 6.00. The summed E-state index contributed by atoms with van der Waals surface area (Å²) in [5.41, 5.74) is 4.75. The van der Waals surface area contributed by atoms with Crippen LogP contribution in [0.4, 0.5) is 0 Å². The van der Waals surface area contributed by atoms with E-state index >= 15 is 0 Å². The Labute approximate surface area is 143 Å². The van der Waals surface area contributed by atoms with Crippen LogP contribution in [0.1, 0.15) is 34.7 Å². The minimum atomic E-state index is 0.359. The van der Waals surface area contributed by atoms with Crippen LogP contribution in [0, 0.1) is 6.92 Å². The van der Waals surface area contributed by atoms with Gasteiger partial charge >= 0.3 is 0 Å². The molecule has 1 saturated heterocycles. The zero-order chi connectivity index (χ0) is 15.9. The van der Waals surface area contributed by atoms with Crippen molar-refractivity contribution in [1.29, 1.82) is 0 Å². The average Bonchev–Trinajstić information content (AvgIpc) is 2.95. The van der Waals surface area contributed by atoms with E-state index in [2.05, 4.69) is 58.4 Å². The van der Waals surface area contributed by atoms with Crippen LogP contribution in [0.25, 0.3) is 0 Å². The summed E-state index contributed by atoms with van der Waals surface area (Å²) >= 11 is 1.76. The largest absolute Gasteiger partial charge is 0.301 e. The lowest BCUT2D eigenvalue weighted by atomic mass is 9.69. The Morgan fingerprint density at radius 1 is 1.22 bits per heavy atom. The average molecular weight is 327 g/mol. The highest BCUT2D eigenvalue weighted by Gasteiger charge is 2.40. The highest BCUT2D eigenvalue weighted by atomic mass is 32.1. The SMILES string of the molecule is Cc1nc(CN2CCC3(CC2)CN(C)Cc2ccccc23)cs1. The third-order valence-corrected chi connectivity index (χ3v) is 6.29. The molecule has 1 aromatic carbocycles. The zero-order valence-corrected chi connectivity index (χ0v) is 14.9. The fourth-order valence-electron chi connectivity index (χ4n) is 4.40. The van der Waals surface area contributed by atoms with Crippen molar-refractivity contribution >= 4 is 11.3 Å². The van der Waals surface area contributed by atoms with Crippen LogP contribution in [-0.4, -0.2) is 41.5 Å². The number of nitrogens with zero attached hydrogens (tertiary/aromatic N) is 3. The van der Waals surface area contributed by atoms with Crippen LogP contribution in [0.5, 0.6) is 0 Å². The molecule has 2 aliphatic heterocycles. The highest BCUT2D eigenvalue weighted by molar-refractivity contribution is 7.09. The molecule has 122 valence electrons. The number of piperidine rings is 1. The van der Waals surface area contributed by atoms with Gasteiger partial charge in [0.05, 0.1) is 10.7 Å². The monoisotopic (exact) mass is 327 g/mol. The zero-order valence-electron chi connectivity index (χ0n) is 14.1. The van der Waals surface area contributed by atoms with E-state index in [9.17, 15) is 0 Å². The quantitative estimate of drug-likeness (QED) is 0.842. The lowest BCUT2D eigenvalue weighted by Gasteiger charge is -2.48. The predicted octanol–water partition coefficient (Wildman–Crippen LogP) is 3.43. The second-order valence-electron chi connectivity index (χ2n) is 7.24. The molecule has 0 amide bonds. The Morgan fingerprint density at radius 2 is 2.00 bits per heavy atom. The van der Waals surface area contributed by atoms with Crippen LogP contribution in [0.15, 0.2) is 29.6 Å². The first-order valence-electron chi connectivity index (χ1n) is 8.55. The number of benzene rings is 1. The number of aryl methyl sites for hydroxylation is 1. The van der Waals surface area contributed by atoms with Crippen LogP contribution >= 0.6 is 11.3 Å². The Kier molecular flexibility index (Phi) is 4.00. The van der Waals surface area contributed by atoms with E-state index in [4.69, 9.17) is 0 Å². The summed E-state index contributed by atoms with van der Waals surface area (Å²) in [6, 6.07) is 9.10. The maximum atomic E-state index is 4.63. The van der Waals surface area contributed by atoms with Gasteiger partial charge in [0.1, 0.15) is 0 Å². The van der Waals surface area contributed by atoms with Crippen molar-refractivity contribution in [3.63, 3.8) is 0 Å². The molecule has 1 spiro atoms. The Balaban J connectivity index is 1.50. The topological polar surface area (TPSA) is 19.4 Å². The van der Waals surface area contributed by atoms with E-state index in [1.165, 1.54) is 48.7 Å².